The third kappa shape index (κ3) is 4.73. The Bertz CT molecular complexity index is 477. The van der Waals surface area contributed by atoms with Crippen LogP contribution in [0.4, 0.5) is 24.9 Å². The van der Waals surface area contributed by atoms with Gasteiger partial charge in [0.1, 0.15) is 5.82 Å². The summed E-state index contributed by atoms with van der Waals surface area (Å²) in [5.41, 5.74) is -1.00. The predicted octanol–water partition coefficient (Wildman–Crippen LogP) is 2.50. The molecule has 0 aromatic carbocycles. The summed E-state index contributed by atoms with van der Waals surface area (Å²) in [6.07, 6.45) is -2.41. The number of anilines is 2. The minimum Gasteiger partial charge on any atom is -0.391 e. The first-order chi connectivity index (χ1) is 9.90. The maximum Gasteiger partial charge on any atom is 0.433 e. The van der Waals surface area contributed by atoms with Gasteiger partial charge in [-0.3, -0.25) is 0 Å². The number of alkyl halides is 3. The first kappa shape index (κ1) is 15.8. The summed E-state index contributed by atoms with van der Waals surface area (Å²) in [5, 5.41) is 15.2. The van der Waals surface area contributed by atoms with Gasteiger partial charge in [-0.05, 0) is 25.2 Å². The van der Waals surface area contributed by atoms with Gasteiger partial charge in [0.2, 0.25) is 5.95 Å². The number of nitrogens with zero attached hydrogens (tertiary/aromatic N) is 2. The van der Waals surface area contributed by atoms with Crippen LogP contribution in [0.15, 0.2) is 6.07 Å². The summed E-state index contributed by atoms with van der Waals surface area (Å²) in [6.45, 7) is 2.57. The predicted molar refractivity (Wildman–Crippen MR) is 73.0 cm³/mol. The third-order valence-electron chi connectivity index (χ3n) is 3.21. The highest BCUT2D eigenvalue weighted by Crippen LogP contribution is 2.33. The number of aromatic nitrogens is 2. The van der Waals surface area contributed by atoms with E-state index in [-0.39, 0.29) is 24.2 Å². The number of hydrogen-bond donors (Lipinski definition) is 3. The maximum absolute atomic E-state index is 12.8. The van der Waals surface area contributed by atoms with Crippen molar-refractivity contribution < 1.29 is 18.3 Å². The van der Waals surface area contributed by atoms with E-state index in [9.17, 15) is 18.3 Å². The van der Waals surface area contributed by atoms with Crippen molar-refractivity contribution in [2.45, 2.75) is 38.5 Å². The molecule has 0 aliphatic heterocycles. The lowest BCUT2D eigenvalue weighted by Gasteiger charge is -2.14. The minimum atomic E-state index is -4.53. The van der Waals surface area contributed by atoms with Crippen LogP contribution in [0.25, 0.3) is 0 Å². The normalized spacial score (nSPS) is 16.6. The molecule has 0 radical (unpaired) electrons. The van der Waals surface area contributed by atoms with E-state index in [4.69, 9.17) is 0 Å². The van der Waals surface area contributed by atoms with E-state index in [1.807, 2.05) is 6.92 Å². The van der Waals surface area contributed by atoms with Gasteiger partial charge >= 0.3 is 6.18 Å². The second-order valence-electron chi connectivity index (χ2n) is 5.17. The summed E-state index contributed by atoms with van der Waals surface area (Å²) in [5.74, 6) is 0.254. The Balaban J connectivity index is 2.09. The molecule has 3 N–H and O–H groups in total. The molecule has 0 bridgehead atoms. The SMILES string of the molecule is CCCNc1nc(NCC(O)C2CC2)cc(C(F)(F)F)n1. The summed E-state index contributed by atoms with van der Waals surface area (Å²) >= 11 is 0. The fourth-order valence-electron chi connectivity index (χ4n) is 1.86. The van der Waals surface area contributed by atoms with Crippen LogP contribution in [0.1, 0.15) is 31.9 Å². The smallest absolute Gasteiger partial charge is 0.391 e. The number of nitrogens with one attached hydrogen (secondary N) is 2. The first-order valence-corrected chi connectivity index (χ1v) is 7.02. The van der Waals surface area contributed by atoms with E-state index < -0.39 is 18.0 Å². The largest absolute Gasteiger partial charge is 0.433 e. The molecule has 21 heavy (non-hydrogen) atoms. The second-order valence-corrected chi connectivity index (χ2v) is 5.17. The van der Waals surface area contributed by atoms with Crippen molar-refractivity contribution in [3.8, 4) is 0 Å². The van der Waals surface area contributed by atoms with Gasteiger partial charge in [-0.25, -0.2) is 4.98 Å². The molecule has 0 saturated heterocycles. The van der Waals surface area contributed by atoms with Gasteiger partial charge in [0, 0.05) is 19.2 Å². The van der Waals surface area contributed by atoms with E-state index in [1.165, 1.54) is 0 Å². The van der Waals surface area contributed by atoms with Crippen LogP contribution in [0.3, 0.4) is 0 Å². The molecule has 1 fully saturated rings. The summed E-state index contributed by atoms with van der Waals surface area (Å²) in [4.78, 5) is 7.46. The first-order valence-electron chi connectivity index (χ1n) is 7.02. The molecule has 1 saturated carbocycles. The Labute approximate surface area is 121 Å². The number of aliphatic hydroxyl groups is 1. The fourth-order valence-corrected chi connectivity index (χ4v) is 1.86. The highest BCUT2D eigenvalue weighted by molar-refractivity contribution is 5.43. The minimum absolute atomic E-state index is 0.0601. The van der Waals surface area contributed by atoms with Gasteiger partial charge in [0.15, 0.2) is 5.69 Å². The Hall–Kier alpha value is -1.57. The molecule has 5 nitrogen and oxygen atoms in total. The Morgan fingerprint density at radius 1 is 1.33 bits per heavy atom. The lowest BCUT2D eigenvalue weighted by Crippen LogP contribution is -2.22. The number of hydrogen-bond acceptors (Lipinski definition) is 5. The van der Waals surface area contributed by atoms with Crippen molar-refractivity contribution in [3.05, 3.63) is 11.8 Å². The van der Waals surface area contributed by atoms with Crippen molar-refractivity contribution in [1.29, 1.82) is 0 Å². The monoisotopic (exact) mass is 304 g/mol. The van der Waals surface area contributed by atoms with Crippen LogP contribution in [-0.2, 0) is 6.18 Å². The summed E-state index contributed by atoms with van der Waals surface area (Å²) < 4.78 is 38.4. The van der Waals surface area contributed by atoms with Gasteiger partial charge < -0.3 is 15.7 Å². The molecule has 0 amide bonds. The summed E-state index contributed by atoms with van der Waals surface area (Å²) in [6, 6.07) is 0.858. The number of halogens is 3. The third-order valence-corrected chi connectivity index (χ3v) is 3.21. The topological polar surface area (TPSA) is 70.1 Å². The average Bonchev–Trinajstić information content (AvgIpc) is 3.26. The van der Waals surface area contributed by atoms with Crippen LogP contribution in [0.2, 0.25) is 0 Å². The quantitative estimate of drug-likeness (QED) is 0.722. The van der Waals surface area contributed by atoms with Crippen LogP contribution in [0, 0.1) is 5.92 Å². The molecule has 1 aliphatic carbocycles. The second kappa shape index (κ2) is 6.46. The molecule has 2 rings (SSSR count). The van der Waals surface area contributed by atoms with Crippen LogP contribution in [-0.4, -0.2) is 34.3 Å². The van der Waals surface area contributed by atoms with Crippen molar-refractivity contribution >= 4 is 11.8 Å². The highest BCUT2D eigenvalue weighted by Gasteiger charge is 2.34. The van der Waals surface area contributed by atoms with E-state index in [1.54, 1.807) is 0 Å². The van der Waals surface area contributed by atoms with Gasteiger partial charge in [-0.15, -0.1) is 0 Å². The Morgan fingerprint density at radius 3 is 2.62 bits per heavy atom. The van der Waals surface area contributed by atoms with E-state index in [0.29, 0.717) is 6.54 Å². The van der Waals surface area contributed by atoms with Crippen molar-refractivity contribution in [2.24, 2.45) is 5.92 Å². The number of rotatable bonds is 7. The molecule has 1 atom stereocenters. The van der Waals surface area contributed by atoms with Gasteiger partial charge in [0.25, 0.3) is 0 Å². The molecule has 1 aromatic rings. The molecule has 8 heteroatoms. The zero-order valence-electron chi connectivity index (χ0n) is 11.7. The van der Waals surface area contributed by atoms with Crippen molar-refractivity contribution in [1.82, 2.24) is 9.97 Å². The lowest BCUT2D eigenvalue weighted by molar-refractivity contribution is -0.141. The standard InChI is InChI=1S/C13H19F3N4O/c1-2-5-17-12-19-10(13(14,15)16)6-11(20-12)18-7-9(21)8-3-4-8/h6,8-9,21H,2-5,7H2,1H3,(H2,17,18,19,20). The lowest BCUT2D eigenvalue weighted by atomic mass is 10.2. The average molecular weight is 304 g/mol. The van der Waals surface area contributed by atoms with Gasteiger partial charge in [-0.1, -0.05) is 6.92 Å². The van der Waals surface area contributed by atoms with Gasteiger partial charge in [0.05, 0.1) is 6.10 Å². The highest BCUT2D eigenvalue weighted by atomic mass is 19.4. The van der Waals surface area contributed by atoms with Crippen LogP contribution in [0.5, 0.6) is 0 Å². The number of aliphatic hydroxyl groups excluding tert-OH is 1. The molecule has 0 spiro atoms. The van der Waals surface area contributed by atoms with E-state index in [0.717, 1.165) is 25.3 Å². The van der Waals surface area contributed by atoms with Crippen LogP contribution < -0.4 is 10.6 Å². The molecule has 1 aromatic heterocycles. The van der Waals surface area contributed by atoms with E-state index in [2.05, 4.69) is 20.6 Å². The zero-order valence-corrected chi connectivity index (χ0v) is 11.7. The van der Waals surface area contributed by atoms with Crippen molar-refractivity contribution in [2.75, 3.05) is 23.7 Å². The van der Waals surface area contributed by atoms with Crippen molar-refractivity contribution in [3.63, 3.8) is 0 Å². The van der Waals surface area contributed by atoms with Crippen LogP contribution >= 0.6 is 0 Å². The zero-order chi connectivity index (χ0) is 15.5. The molecular formula is C13H19F3N4O. The molecule has 1 heterocycles. The Morgan fingerprint density at radius 2 is 2.05 bits per heavy atom. The fraction of sp³-hybridized carbons (Fsp3) is 0.692. The van der Waals surface area contributed by atoms with Gasteiger partial charge in [-0.2, -0.15) is 18.2 Å². The molecule has 1 unspecified atom stereocenters. The molecular weight excluding hydrogens is 285 g/mol. The Kier molecular flexibility index (Phi) is 4.87. The maximum atomic E-state index is 12.8. The molecule has 1 aliphatic rings. The molecule has 118 valence electrons. The van der Waals surface area contributed by atoms with E-state index >= 15 is 0 Å². The summed E-state index contributed by atoms with van der Waals surface area (Å²) in [7, 11) is 0.